The Morgan fingerprint density at radius 1 is 0.872 bits per heavy atom. The van der Waals surface area contributed by atoms with Crippen LogP contribution in [0, 0.1) is 0 Å². The average molecular weight is 507 g/mol. The van der Waals surface area contributed by atoms with Crippen molar-refractivity contribution in [3.8, 4) is 17.0 Å². The van der Waals surface area contributed by atoms with Gasteiger partial charge in [-0.15, -0.1) is 0 Å². The molecule has 0 aliphatic heterocycles. The maximum absolute atomic E-state index is 10.4. The van der Waals surface area contributed by atoms with E-state index in [-0.39, 0.29) is 5.75 Å². The third-order valence-electron chi connectivity index (χ3n) is 6.63. The van der Waals surface area contributed by atoms with Gasteiger partial charge in [0.05, 0.1) is 5.69 Å². The van der Waals surface area contributed by atoms with Gasteiger partial charge in [0.15, 0.2) is 5.65 Å². The van der Waals surface area contributed by atoms with Gasteiger partial charge in [-0.1, -0.05) is 73.3 Å². The molecule has 39 heavy (non-hydrogen) atoms. The number of phenols is 1. The van der Waals surface area contributed by atoms with Crippen LogP contribution in [0.15, 0.2) is 116 Å². The van der Waals surface area contributed by atoms with Crippen molar-refractivity contribution in [2.24, 2.45) is 0 Å². The highest BCUT2D eigenvalue weighted by atomic mass is 16.3. The molecule has 0 amide bonds. The topological polar surface area (TPSA) is 74.5 Å². The van der Waals surface area contributed by atoms with E-state index in [4.69, 9.17) is 7.85 Å². The van der Waals surface area contributed by atoms with Crippen LogP contribution in [0.2, 0.25) is 0 Å². The summed E-state index contributed by atoms with van der Waals surface area (Å²) in [5, 5.41) is 24.1. The number of hydrogen-bond donors (Lipinski definition) is 3. The fraction of sp³-hybridized carbons (Fsp3) is 0.0625. The smallest absolute Gasteiger partial charge is 0.150 e. The molecule has 2 heterocycles. The van der Waals surface area contributed by atoms with Gasteiger partial charge in [0, 0.05) is 42.2 Å². The van der Waals surface area contributed by atoms with Gasteiger partial charge in [-0.25, -0.2) is 4.98 Å². The van der Waals surface area contributed by atoms with Gasteiger partial charge in [-0.3, -0.25) is 0 Å². The van der Waals surface area contributed by atoms with E-state index in [2.05, 4.69) is 81.9 Å². The van der Waals surface area contributed by atoms with Crippen molar-refractivity contribution in [3.05, 3.63) is 127 Å². The minimum absolute atomic E-state index is 0.154. The highest BCUT2D eigenvalue weighted by molar-refractivity contribution is 6.36. The largest absolute Gasteiger partial charge is 0.507 e. The Hall–Kier alpha value is -5.04. The minimum atomic E-state index is 0.154. The molecule has 2 radical (unpaired) electrons. The van der Waals surface area contributed by atoms with Gasteiger partial charge < -0.3 is 15.7 Å². The van der Waals surface area contributed by atoms with Crippen molar-refractivity contribution in [2.75, 3.05) is 10.6 Å². The molecule has 0 bridgehead atoms. The molecule has 6 nitrogen and oxygen atoms in total. The molecule has 0 spiro atoms. The molecular weight excluding hydrogens is 481 g/mol. The van der Waals surface area contributed by atoms with Crippen LogP contribution in [0.4, 0.5) is 11.5 Å². The number of anilines is 2. The van der Waals surface area contributed by atoms with E-state index in [0.717, 1.165) is 23.4 Å². The van der Waals surface area contributed by atoms with Crippen molar-refractivity contribution < 1.29 is 5.11 Å². The van der Waals surface area contributed by atoms with Crippen molar-refractivity contribution in [3.63, 3.8) is 0 Å². The molecule has 3 N–H and O–H groups in total. The monoisotopic (exact) mass is 507 g/mol. The molecule has 0 saturated heterocycles. The molecular formula is C32H26BN5O. The number of para-hydroxylation sites is 1. The highest BCUT2D eigenvalue weighted by Crippen LogP contribution is 2.29. The van der Waals surface area contributed by atoms with Crippen LogP contribution >= 0.6 is 0 Å². The van der Waals surface area contributed by atoms with E-state index in [9.17, 15) is 5.11 Å². The molecule has 2 aromatic heterocycles. The summed E-state index contributed by atoms with van der Waals surface area (Å²) in [7, 11) is 6.13. The third-order valence-corrected chi connectivity index (χ3v) is 6.63. The van der Waals surface area contributed by atoms with Gasteiger partial charge in [0.1, 0.15) is 19.4 Å². The lowest BCUT2D eigenvalue weighted by Gasteiger charge is -2.14. The number of phenolic OH excluding ortho intramolecular Hbond substituents is 1. The number of aromatic hydroxyl groups is 1. The number of nitrogens with zero attached hydrogens (tertiary/aromatic N) is 3. The van der Waals surface area contributed by atoms with Crippen LogP contribution in [-0.2, 0) is 13.0 Å². The first-order valence-corrected chi connectivity index (χ1v) is 12.7. The van der Waals surface area contributed by atoms with E-state index in [1.165, 1.54) is 16.3 Å². The SMILES string of the molecule is [B]c1cnn2c(NCc3cccc(NC(=C)Cc4ccc5ccccc5c4)c3)cc(-c3ccccc3O)nc12. The number of fused-ring (bicyclic) bond motifs is 2. The van der Waals surface area contributed by atoms with Gasteiger partial charge in [0.2, 0.25) is 0 Å². The Kier molecular flexibility index (Phi) is 6.47. The lowest BCUT2D eigenvalue weighted by Crippen LogP contribution is -2.10. The molecule has 188 valence electrons. The van der Waals surface area contributed by atoms with E-state index in [1.54, 1.807) is 22.8 Å². The quantitative estimate of drug-likeness (QED) is 0.226. The number of hydrogen-bond acceptors (Lipinski definition) is 5. The van der Waals surface area contributed by atoms with Crippen LogP contribution in [0.25, 0.3) is 27.7 Å². The molecule has 0 aliphatic rings. The van der Waals surface area contributed by atoms with Crippen LogP contribution in [0.5, 0.6) is 5.75 Å². The number of benzene rings is 4. The molecule has 0 aliphatic carbocycles. The molecule has 6 aromatic rings. The number of rotatable bonds is 8. The van der Waals surface area contributed by atoms with Crippen LogP contribution in [0.3, 0.4) is 0 Å². The highest BCUT2D eigenvalue weighted by Gasteiger charge is 2.13. The molecule has 0 saturated carbocycles. The summed E-state index contributed by atoms with van der Waals surface area (Å²) in [6.07, 6.45) is 2.31. The second-order valence-corrected chi connectivity index (χ2v) is 9.52. The van der Waals surface area contributed by atoms with E-state index in [0.29, 0.717) is 34.7 Å². The zero-order valence-electron chi connectivity index (χ0n) is 21.3. The maximum atomic E-state index is 10.4. The number of allylic oxidation sites excluding steroid dienone is 1. The maximum Gasteiger partial charge on any atom is 0.150 e. The summed E-state index contributed by atoms with van der Waals surface area (Å²) in [6, 6.07) is 32.0. The predicted molar refractivity (Wildman–Crippen MR) is 160 cm³/mol. The van der Waals surface area contributed by atoms with Gasteiger partial charge in [-0.05, 0) is 51.6 Å². The molecule has 0 fully saturated rings. The normalized spacial score (nSPS) is 11.1. The predicted octanol–water partition coefficient (Wildman–Crippen LogP) is 5.83. The van der Waals surface area contributed by atoms with E-state index < -0.39 is 0 Å². The number of aromatic nitrogens is 3. The molecule has 6 rings (SSSR count). The van der Waals surface area contributed by atoms with Crippen molar-refractivity contribution in [2.45, 2.75) is 13.0 Å². The second-order valence-electron chi connectivity index (χ2n) is 9.52. The summed E-state index contributed by atoms with van der Waals surface area (Å²) in [6.45, 7) is 4.80. The van der Waals surface area contributed by atoms with Crippen LogP contribution < -0.4 is 16.1 Å². The summed E-state index contributed by atoms with van der Waals surface area (Å²) in [5.41, 5.74) is 6.40. The second kappa shape index (κ2) is 10.4. The first-order valence-electron chi connectivity index (χ1n) is 12.7. The molecule has 0 unspecified atom stereocenters. The third kappa shape index (κ3) is 5.20. The summed E-state index contributed by atoms with van der Waals surface area (Å²) >= 11 is 0. The lowest BCUT2D eigenvalue weighted by molar-refractivity contribution is 0.477. The standard InChI is InChI=1S/C32H26BN5O/c1-21(15-22-13-14-24-8-2-3-9-25(24)16-22)36-26-10-6-7-23(17-26)19-34-31-18-29(27-11-4-5-12-30(27)39)37-32-28(33)20-35-38(31)32/h2-14,16-18,20,34,36,39H,1,15,19H2. The summed E-state index contributed by atoms with van der Waals surface area (Å²) < 4.78 is 1.67. The Bertz CT molecular complexity index is 1830. The average Bonchev–Trinajstić information content (AvgIpc) is 3.32. The van der Waals surface area contributed by atoms with Crippen LogP contribution in [0.1, 0.15) is 11.1 Å². The Morgan fingerprint density at radius 2 is 1.69 bits per heavy atom. The summed E-state index contributed by atoms with van der Waals surface area (Å²) in [5.74, 6) is 0.870. The van der Waals surface area contributed by atoms with Crippen LogP contribution in [-0.4, -0.2) is 27.6 Å². The summed E-state index contributed by atoms with van der Waals surface area (Å²) in [4.78, 5) is 4.64. The Morgan fingerprint density at radius 3 is 2.56 bits per heavy atom. The first kappa shape index (κ1) is 24.3. The minimum Gasteiger partial charge on any atom is -0.507 e. The zero-order valence-corrected chi connectivity index (χ0v) is 21.3. The zero-order chi connectivity index (χ0) is 26.8. The van der Waals surface area contributed by atoms with Gasteiger partial charge in [0.25, 0.3) is 0 Å². The number of nitrogens with one attached hydrogen (secondary N) is 2. The van der Waals surface area contributed by atoms with Crippen molar-refractivity contribution in [1.82, 2.24) is 14.6 Å². The fourth-order valence-electron chi connectivity index (χ4n) is 4.73. The Balaban J connectivity index is 1.18. The molecule has 4 aromatic carbocycles. The molecule has 7 heteroatoms. The van der Waals surface area contributed by atoms with E-state index in [1.807, 2.05) is 30.3 Å². The first-order chi connectivity index (χ1) is 19.0. The van der Waals surface area contributed by atoms with Crippen molar-refractivity contribution in [1.29, 1.82) is 0 Å². The molecule has 0 atom stereocenters. The Labute approximate surface area is 228 Å². The van der Waals surface area contributed by atoms with Gasteiger partial charge in [-0.2, -0.15) is 9.61 Å². The van der Waals surface area contributed by atoms with E-state index >= 15 is 0 Å². The van der Waals surface area contributed by atoms with Crippen molar-refractivity contribution >= 4 is 41.2 Å². The van der Waals surface area contributed by atoms with Gasteiger partial charge >= 0.3 is 0 Å². The lowest BCUT2D eigenvalue weighted by atomic mass is 10.0. The fourth-order valence-corrected chi connectivity index (χ4v) is 4.73.